The summed E-state index contributed by atoms with van der Waals surface area (Å²) >= 11 is 9.54. The first-order valence-corrected chi connectivity index (χ1v) is 12.8. The molecular weight excluding hydrogens is 502 g/mol. The lowest BCUT2D eigenvalue weighted by Gasteiger charge is -2.35. The Morgan fingerprint density at radius 3 is 2.32 bits per heavy atom. The van der Waals surface area contributed by atoms with Gasteiger partial charge in [-0.25, -0.2) is 18.4 Å². The number of benzene rings is 2. The number of fused-ring (bicyclic) bond motifs is 1. The van der Waals surface area contributed by atoms with Crippen LogP contribution in [0.25, 0.3) is 11.0 Å². The van der Waals surface area contributed by atoms with E-state index in [0.29, 0.717) is 32.2 Å². The second kappa shape index (κ2) is 8.20. The lowest BCUT2D eigenvalue weighted by atomic mass is 10.3. The molecule has 1 saturated carbocycles. The van der Waals surface area contributed by atoms with Gasteiger partial charge in [0, 0.05) is 36.7 Å². The average Bonchev–Trinajstić information content (AvgIpc) is 3.57. The molecule has 162 valence electrons. The molecule has 31 heavy (non-hydrogen) atoms. The van der Waals surface area contributed by atoms with Gasteiger partial charge in [0.15, 0.2) is 11.6 Å². The first-order chi connectivity index (χ1) is 14.9. The topological polar surface area (TPSA) is 78.4 Å². The van der Waals surface area contributed by atoms with E-state index in [-0.39, 0.29) is 9.92 Å². The third-order valence-corrected chi connectivity index (χ3v) is 8.40. The van der Waals surface area contributed by atoms with Gasteiger partial charge in [-0.2, -0.15) is 4.31 Å². The van der Waals surface area contributed by atoms with Crippen molar-refractivity contribution in [1.82, 2.24) is 14.3 Å². The predicted octanol–water partition coefficient (Wildman–Crippen LogP) is 4.13. The van der Waals surface area contributed by atoms with Crippen LogP contribution in [-0.4, -0.2) is 54.9 Å². The van der Waals surface area contributed by atoms with Crippen molar-refractivity contribution in [2.24, 2.45) is 0 Å². The highest BCUT2D eigenvalue weighted by Gasteiger charge is 2.32. The Bertz CT molecular complexity index is 1240. The average molecular weight is 523 g/mol. The molecule has 2 aliphatic rings. The molecule has 0 unspecified atom stereocenters. The van der Waals surface area contributed by atoms with Crippen LogP contribution in [0.2, 0.25) is 5.02 Å². The highest BCUT2D eigenvalue weighted by atomic mass is 79.9. The summed E-state index contributed by atoms with van der Waals surface area (Å²) < 4.78 is 28.5. The molecule has 1 saturated heterocycles. The van der Waals surface area contributed by atoms with Crippen molar-refractivity contribution in [2.45, 2.75) is 23.8 Å². The minimum Gasteiger partial charge on any atom is -0.364 e. The quantitative estimate of drug-likeness (QED) is 0.543. The van der Waals surface area contributed by atoms with E-state index in [4.69, 9.17) is 21.6 Å². The molecule has 10 heteroatoms. The van der Waals surface area contributed by atoms with Crippen molar-refractivity contribution >= 4 is 60.2 Å². The molecule has 0 bridgehead atoms. The lowest BCUT2D eigenvalue weighted by Crippen LogP contribution is -2.49. The lowest BCUT2D eigenvalue weighted by molar-refractivity contribution is 0.384. The Hall–Kier alpha value is -1.94. The van der Waals surface area contributed by atoms with E-state index in [1.54, 1.807) is 18.2 Å². The highest BCUT2D eigenvalue weighted by molar-refractivity contribution is 9.10. The van der Waals surface area contributed by atoms with Crippen LogP contribution in [0.3, 0.4) is 0 Å². The van der Waals surface area contributed by atoms with Crippen molar-refractivity contribution in [3.63, 3.8) is 0 Å². The number of para-hydroxylation sites is 2. The number of hydrogen-bond donors (Lipinski definition) is 1. The Kier molecular flexibility index (Phi) is 5.54. The van der Waals surface area contributed by atoms with E-state index in [9.17, 15) is 8.42 Å². The zero-order valence-corrected chi connectivity index (χ0v) is 19.8. The third-order valence-electron chi connectivity index (χ3n) is 5.52. The van der Waals surface area contributed by atoms with Gasteiger partial charge in [0.25, 0.3) is 0 Å². The van der Waals surface area contributed by atoms with Gasteiger partial charge in [0.1, 0.15) is 4.90 Å². The maximum absolute atomic E-state index is 13.1. The number of aromatic nitrogens is 2. The highest BCUT2D eigenvalue weighted by Crippen LogP contribution is 2.32. The number of rotatable bonds is 5. The number of piperazine rings is 1. The molecule has 1 aliphatic heterocycles. The second-order valence-electron chi connectivity index (χ2n) is 7.77. The van der Waals surface area contributed by atoms with Crippen molar-refractivity contribution in [1.29, 1.82) is 0 Å². The molecule has 1 N–H and O–H groups in total. The summed E-state index contributed by atoms with van der Waals surface area (Å²) in [6.07, 6.45) is 2.27. The molecule has 2 heterocycles. The molecule has 3 aromatic rings. The third kappa shape index (κ3) is 4.24. The largest absolute Gasteiger partial charge is 0.364 e. The normalized spacial score (nSPS) is 17.8. The van der Waals surface area contributed by atoms with Crippen LogP contribution in [-0.2, 0) is 10.0 Å². The molecule has 0 atom stereocenters. The van der Waals surface area contributed by atoms with Gasteiger partial charge in [0.2, 0.25) is 10.0 Å². The molecule has 2 fully saturated rings. The van der Waals surface area contributed by atoms with E-state index in [0.717, 1.165) is 40.0 Å². The number of anilines is 2. The summed E-state index contributed by atoms with van der Waals surface area (Å²) in [6.45, 7) is 1.76. The van der Waals surface area contributed by atoms with Crippen LogP contribution < -0.4 is 10.2 Å². The van der Waals surface area contributed by atoms with Crippen LogP contribution in [0.15, 0.2) is 51.8 Å². The van der Waals surface area contributed by atoms with Crippen LogP contribution in [0.5, 0.6) is 0 Å². The van der Waals surface area contributed by atoms with E-state index in [1.165, 1.54) is 4.31 Å². The van der Waals surface area contributed by atoms with Gasteiger partial charge in [-0.1, -0.05) is 39.7 Å². The molecular formula is C21H21BrClN5O2S. The van der Waals surface area contributed by atoms with Crippen LogP contribution in [0.1, 0.15) is 12.8 Å². The smallest absolute Gasteiger partial charge is 0.244 e. The maximum atomic E-state index is 13.1. The fourth-order valence-electron chi connectivity index (χ4n) is 3.69. The first-order valence-electron chi connectivity index (χ1n) is 10.2. The van der Waals surface area contributed by atoms with Crippen molar-refractivity contribution in [3.8, 4) is 0 Å². The van der Waals surface area contributed by atoms with Crippen LogP contribution in [0, 0.1) is 0 Å². The summed E-state index contributed by atoms with van der Waals surface area (Å²) in [4.78, 5) is 11.9. The summed E-state index contributed by atoms with van der Waals surface area (Å²) in [5, 5.41) is 3.70. The summed E-state index contributed by atoms with van der Waals surface area (Å²) in [6, 6.07) is 13.1. The van der Waals surface area contributed by atoms with Gasteiger partial charge in [-0.3, -0.25) is 0 Å². The Morgan fingerprint density at radius 2 is 1.68 bits per heavy atom. The maximum Gasteiger partial charge on any atom is 0.244 e. The fraction of sp³-hybridized carbons (Fsp3) is 0.333. The molecule has 7 nitrogen and oxygen atoms in total. The molecule has 0 radical (unpaired) electrons. The van der Waals surface area contributed by atoms with Gasteiger partial charge in [-0.15, -0.1) is 0 Å². The number of nitrogens with one attached hydrogen (secondary N) is 1. The van der Waals surface area contributed by atoms with Crippen LogP contribution >= 0.6 is 27.5 Å². The Balaban J connectivity index is 1.39. The van der Waals surface area contributed by atoms with Gasteiger partial charge in [0.05, 0.1) is 16.1 Å². The Labute approximate surface area is 194 Å². The second-order valence-corrected chi connectivity index (χ2v) is 11.0. The molecule has 5 rings (SSSR count). The zero-order chi connectivity index (χ0) is 21.6. The van der Waals surface area contributed by atoms with E-state index < -0.39 is 10.0 Å². The molecule has 0 amide bonds. The summed E-state index contributed by atoms with van der Waals surface area (Å²) in [5.41, 5.74) is 1.68. The van der Waals surface area contributed by atoms with E-state index in [1.807, 2.05) is 24.3 Å². The van der Waals surface area contributed by atoms with E-state index >= 15 is 0 Å². The number of nitrogens with zero attached hydrogens (tertiary/aromatic N) is 4. The van der Waals surface area contributed by atoms with Crippen molar-refractivity contribution < 1.29 is 8.42 Å². The number of halogens is 2. The molecule has 1 aliphatic carbocycles. The van der Waals surface area contributed by atoms with E-state index in [2.05, 4.69) is 26.1 Å². The fourth-order valence-corrected chi connectivity index (χ4v) is 6.13. The molecule has 2 aromatic carbocycles. The number of sulfonamides is 1. The monoisotopic (exact) mass is 521 g/mol. The predicted molar refractivity (Wildman–Crippen MR) is 126 cm³/mol. The molecule has 0 spiro atoms. The first kappa shape index (κ1) is 20.9. The SMILES string of the molecule is O=S(=O)(c1ccc(Br)cc1Cl)N1CCN(c2nc3ccccc3nc2NC2CC2)CC1. The van der Waals surface area contributed by atoms with Crippen molar-refractivity contribution in [2.75, 3.05) is 36.4 Å². The van der Waals surface area contributed by atoms with Gasteiger partial charge < -0.3 is 10.2 Å². The standard InChI is InChI=1S/C21H21BrClN5O2S/c22-14-5-8-19(16(23)13-14)31(29,30)28-11-9-27(10-12-28)21-20(24-15-6-7-15)25-17-3-1-2-4-18(17)26-21/h1-5,8,13,15H,6-7,9-12H2,(H,24,25). The van der Waals surface area contributed by atoms with Gasteiger partial charge >= 0.3 is 0 Å². The van der Waals surface area contributed by atoms with Crippen LogP contribution in [0.4, 0.5) is 11.6 Å². The Morgan fingerprint density at radius 1 is 1.00 bits per heavy atom. The summed E-state index contributed by atoms with van der Waals surface area (Å²) in [7, 11) is -3.67. The number of hydrogen-bond acceptors (Lipinski definition) is 6. The summed E-state index contributed by atoms with van der Waals surface area (Å²) in [5.74, 6) is 1.55. The molecule has 1 aromatic heterocycles. The zero-order valence-electron chi connectivity index (χ0n) is 16.6. The minimum atomic E-state index is -3.67. The van der Waals surface area contributed by atoms with Gasteiger partial charge in [-0.05, 0) is 43.2 Å². The van der Waals surface area contributed by atoms with Crippen molar-refractivity contribution in [3.05, 3.63) is 52.0 Å². The minimum absolute atomic E-state index is 0.132.